The summed E-state index contributed by atoms with van der Waals surface area (Å²) in [6.45, 7) is 5.66. The van der Waals surface area contributed by atoms with E-state index < -0.39 is 5.97 Å². The van der Waals surface area contributed by atoms with Crippen LogP contribution >= 0.6 is 0 Å². The maximum absolute atomic E-state index is 11.4. The number of carboxylic acid groups (broad SMARTS) is 1. The second-order valence-electron chi connectivity index (χ2n) is 6.10. The molecule has 0 radical (unpaired) electrons. The molecule has 1 fully saturated rings. The van der Waals surface area contributed by atoms with Gasteiger partial charge in [-0.05, 0) is 37.4 Å². The Morgan fingerprint density at radius 3 is 3.05 bits per heavy atom. The van der Waals surface area contributed by atoms with Crippen molar-refractivity contribution in [3.05, 3.63) is 29.3 Å². The first kappa shape index (κ1) is 13.4. The molecule has 4 heteroatoms. The van der Waals surface area contributed by atoms with Gasteiger partial charge < -0.3 is 9.84 Å². The fourth-order valence-electron chi connectivity index (χ4n) is 3.44. The number of carboxylic acids is 1. The second kappa shape index (κ2) is 5.09. The number of fused-ring (bicyclic) bond motifs is 1. The summed E-state index contributed by atoms with van der Waals surface area (Å²) in [6.07, 6.45) is 1.92. The maximum Gasteiger partial charge on any atom is 0.321 e. The average molecular weight is 275 g/mol. The van der Waals surface area contributed by atoms with Crippen LogP contribution in [0.1, 0.15) is 24.5 Å². The van der Waals surface area contributed by atoms with Gasteiger partial charge in [-0.15, -0.1) is 0 Å². The van der Waals surface area contributed by atoms with Crippen molar-refractivity contribution in [2.45, 2.75) is 38.8 Å². The Hall–Kier alpha value is -1.55. The molecule has 0 spiro atoms. The topological polar surface area (TPSA) is 49.8 Å². The first-order valence-corrected chi connectivity index (χ1v) is 7.27. The lowest BCUT2D eigenvalue weighted by Gasteiger charge is -2.25. The molecule has 2 aliphatic heterocycles. The Balaban J connectivity index is 1.67. The zero-order valence-corrected chi connectivity index (χ0v) is 12.0. The second-order valence-corrected chi connectivity index (χ2v) is 6.10. The fourth-order valence-corrected chi connectivity index (χ4v) is 3.44. The van der Waals surface area contributed by atoms with Crippen molar-refractivity contribution in [1.29, 1.82) is 0 Å². The van der Waals surface area contributed by atoms with Crippen LogP contribution in [0.4, 0.5) is 0 Å². The van der Waals surface area contributed by atoms with Crippen LogP contribution in [0.25, 0.3) is 0 Å². The third kappa shape index (κ3) is 2.40. The number of aliphatic carboxylic acids is 1. The molecule has 2 heterocycles. The van der Waals surface area contributed by atoms with Crippen molar-refractivity contribution >= 4 is 5.97 Å². The van der Waals surface area contributed by atoms with E-state index in [-0.39, 0.29) is 18.1 Å². The van der Waals surface area contributed by atoms with E-state index in [1.54, 1.807) is 0 Å². The van der Waals surface area contributed by atoms with E-state index in [4.69, 9.17) is 4.74 Å². The van der Waals surface area contributed by atoms with Crippen molar-refractivity contribution in [2.24, 2.45) is 5.92 Å². The number of carbonyl (C=O) groups is 1. The average Bonchev–Trinajstić information content (AvgIpc) is 2.92. The van der Waals surface area contributed by atoms with E-state index in [9.17, 15) is 9.90 Å². The number of likely N-dealkylation sites (tertiary alicyclic amines) is 1. The Morgan fingerprint density at radius 2 is 2.30 bits per heavy atom. The smallest absolute Gasteiger partial charge is 0.321 e. The molecule has 0 aromatic heterocycles. The Morgan fingerprint density at radius 1 is 1.50 bits per heavy atom. The van der Waals surface area contributed by atoms with Crippen molar-refractivity contribution in [3.8, 4) is 5.75 Å². The van der Waals surface area contributed by atoms with Crippen molar-refractivity contribution < 1.29 is 14.6 Å². The molecule has 108 valence electrons. The van der Waals surface area contributed by atoms with Gasteiger partial charge in [0.1, 0.15) is 17.9 Å². The summed E-state index contributed by atoms with van der Waals surface area (Å²) in [4.78, 5) is 13.4. The Labute approximate surface area is 119 Å². The minimum Gasteiger partial charge on any atom is -0.488 e. The number of nitrogens with zero attached hydrogens (tertiary/aromatic N) is 1. The molecule has 1 aromatic rings. The molecule has 0 amide bonds. The van der Waals surface area contributed by atoms with Crippen LogP contribution < -0.4 is 4.74 Å². The highest BCUT2D eigenvalue weighted by Crippen LogP contribution is 2.31. The van der Waals surface area contributed by atoms with Crippen LogP contribution in [0, 0.1) is 12.8 Å². The van der Waals surface area contributed by atoms with Gasteiger partial charge in [0.25, 0.3) is 0 Å². The SMILES string of the molecule is Cc1ccc2c(c1)CC(CN1CCC(C)C1C(=O)O)O2. The van der Waals surface area contributed by atoms with Crippen LogP contribution in [0.3, 0.4) is 0 Å². The van der Waals surface area contributed by atoms with Crippen molar-refractivity contribution in [2.75, 3.05) is 13.1 Å². The van der Waals surface area contributed by atoms with Gasteiger partial charge in [-0.25, -0.2) is 0 Å². The molecule has 4 nitrogen and oxygen atoms in total. The number of hydrogen-bond acceptors (Lipinski definition) is 3. The predicted octanol–water partition coefficient (Wildman–Crippen LogP) is 2.09. The Kier molecular flexibility index (Phi) is 3.42. The zero-order valence-electron chi connectivity index (χ0n) is 12.0. The number of benzene rings is 1. The summed E-state index contributed by atoms with van der Waals surface area (Å²) in [5, 5.41) is 9.36. The molecular weight excluding hydrogens is 254 g/mol. The van der Waals surface area contributed by atoms with E-state index in [1.807, 2.05) is 13.0 Å². The molecule has 1 aromatic carbocycles. The highest BCUT2D eigenvalue weighted by Gasteiger charge is 2.38. The third-order valence-electron chi connectivity index (χ3n) is 4.45. The quantitative estimate of drug-likeness (QED) is 0.917. The normalized spacial score (nSPS) is 29.2. The van der Waals surface area contributed by atoms with Gasteiger partial charge >= 0.3 is 5.97 Å². The maximum atomic E-state index is 11.4. The lowest BCUT2D eigenvalue weighted by Crippen LogP contribution is -2.43. The van der Waals surface area contributed by atoms with Gasteiger partial charge in [0.2, 0.25) is 0 Å². The number of rotatable bonds is 3. The predicted molar refractivity (Wildman–Crippen MR) is 76.1 cm³/mol. The number of aryl methyl sites for hydroxylation is 1. The van der Waals surface area contributed by atoms with Gasteiger partial charge in [0.15, 0.2) is 0 Å². The van der Waals surface area contributed by atoms with Gasteiger partial charge in [-0.2, -0.15) is 0 Å². The zero-order chi connectivity index (χ0) is 14.3. The van der Waals surface area contributed by atoms with E-state index in [0.717, 1.165) is 25.1 Å². The molecule has 0 bridgehead atoms. The summed E-state index contributed by atoms with van der Waals surface area (Å²) in [6, 6.07) is 5.88. The van der Waals surface area contributed by atoms with Gasteiger partial charge in [0.05, 0.1) is 0 Å². The van der Waals surface area contributed by atoms with Crippen LogP contribution in [0.15, 0.2) is 18.2 Å². The summed E-state index contributed by atoms with van der Waals surface area (Å²) in [5.41, 5.74) is 2.49. The first-order valence-electron chi connectivity index (χ1n) is 7.27. The third-order valence-corrected chi connectivity index (χ3v) is 4.45. The van der Waals surface area contributed by atoms with Crippen LogP contribution in [0.5, 0.6) is 5.75 Å². The van der Waals surface area contributed by atoms with E-state index in [0.29, 0.717) is 6.54 Å². The molecule has 1 N–H and O–H groups in total. The lowest BCUT2D eigenvalue weighted by molar-refractivity contribution is -0.143. The summed E-state index contributed by atoms with van der Waals surface area (Å²) in [7, 11) is 0. The van der Waals surface area contributed by atoms with E-state index in [2.05, 4.69) is 24.0 Å². The summed E-state index contributed by atoms with van der Waals surface area (Å²) < 4.78 is 5.95. The number of ether oxygens (including phenoxy) is 1. The Bertz CT molecular complexity index is 528. The summed E-state index contributed by atoms with van der Waals surface area (Å²) in [5.74, 6) is 0.472. The molecular formula is C16H21NO3. The van der Waals surface area contributed by atoms with Gasteiger partial charge in [0, 0.05) is 13.0 Å². The largest absolute Gasteiger partial charge is 0.488 e. The lowest BCUT2D eigenvalue weighted by atomic mass is 10.0. The highest BCUT2D eigenvalue weighted by atomic mass is 16.5. The van der Waals surface area contributed by atoms with Crippen LogP contribution in [-0.4, -0.2) is 41.2 Å². The molecule has 20 heavy (non-hydrogen) atoms. The van der Waals surface area contributed by atoms with E-state index in [1.165, 1.54) is 11.1 Å². The molecule has 3 rings (SSSR count). The minimum absolute atomic E-state index is 0.0824. The molecule has 0 saturated carbocycles. The van der Waals surface area contributed by atoms with E-state index >= 15 is 0 Å². The van der Waals surface area contributed by atoms with Gasteiger partial charge in [-0.1, -0.05) is 24.6 Å². The van der Waals surface area contributed by atoms with Crippen LogP contribution in [-0.2, 0) is 11.2 Å². The molecule has 3 atom stereocenters. The van der Waals surface area contributed by atoms with Crippen molar-refractivity contribution in [3.63, 3.8) is 0 Å². The fraction of sp³-hybridized carbons (Fsp3) is 0.562. The molecule has 0 aliphatic carbocycles. The van der Waals surface area contributed by atoms with Gasteiger partial charge in [-0.3, -0.25) is 9.69 Å². The number of hydrogen-bond donors (Lipinski definition) is 1. The van der Waals surface area contributed by atoms with Crippen molar-refractivity contribution in [1.82, 2.24) is 4.90 Å². The van der Waals surface area contributed by atoms with Crippen LogP contribution in [0.2, 0.25) is 0 Å². The first-order chi connectivity index (χ1) is 9.54. The molecule has 1 saturated heterocycles. The standard InChI is InChI=1S/C16H21NO3/c1-10-3-4-14-12(7-10)8-13(20-14)9-17-6-5-11(2)15(17)16(18)19/h3-4,7,11,13,15H,5-6,8-9H2,1-2H3,(H,18,19). The molecule has 2 aliphatic rings. The minimum atomic E-state index is -0.707. The molecule has 3 unspecified atom stereocenters. The monoisotopic (exact) mass is 275 g/mol. The highest BCUT2D eigenvalue weighted by molar-refractivity contribution is 5.74. The summed E-state index contributed by atoms with van der Waals surface area (Å²) >= 11 is 0.